The van der Waals surface area contributed by atoms with Crippen molar-refractivity contribution in [3.63, 3.8) is 0 Å². The molecular weight excluding hydrogens is 558 g/mol. The van der Waals surface area contributed by atoms with Gasteiger partial charge in [0.2, 0.25) is 0 Å². The molecule has 1 aromatic heterocycles. The minimum Gasteiger partial charge on any atom is -0.508 e. The lowest BCUT2D eigenvalue weighted by atomic mass is 10.1. The van der Waals surface area contributed by atoms with Crippen LogP contribution in [0.15, 0.2) is 59.8 Å². The van der Waals surface area contributed by atoms with Crippen molar-refractivity contribution >= 4 is 51.5 Å². The normalized spacial score (nSPS) is 14.2. The summed E-state index contributed by atoms with van der Waals surface area (Å²) in [5, 5.41) is 23.5. The molecule has 12 heteroatoms. The van der Waals surface area contributed by atoms with Gasteiger partial charge >= 0.3 is 5.97 Å². The van der Waals surface area contributed by atoms with E-state index in [1.165, 1.54) is 30.6 Å². The van der Waals surface area contributed by atoms with Gasteiger partial charge < -0.3 is 14.8 Å². The molecule has 8 nitrogen and oxygen atoms in total. The van der Waals surface area contributed by atoms with Gasteiger partial charge in [-0.05, 0) is 54.5 Å². The van der Waals surface area contributed by atoms with E-state index in [2.05, 4.69) is 10.3 Å². The second-order valence-corrected chi connectivity index (χ2v) is 14.9. The van der Waals surface area contributed by atoms with Gasteiger partial charge in [-0.2, -0.15) is 0 Å². The predicted octanol–water partition coefficient (Wildman–Crippen LogP) is 4.14. The molecule has 0 aliphatic carbocycles. The summed E-state index contributed by atoms with van der Waals surface area (Å²) in [4.78, 5) is 15.8. The summed E-state index contributed by atoms with van der Waals surface area (Å²) in [5.74, 6) is -1.07. The van der Waals surface area contributed by atoms with Crippen LogP contribution in [0.5, 0.6) is 5.75 Å². The van der Waals surface area contributed by atoms with Crippen LogP contribution in [-0.2, 0) is 38.6 Å². The second kappa shape index (κ2) is 12.0. The van der Waals surface area contributed by atoms with Crippen molar-refractivity contribution in [1.29, 1.82) is 0 Å². The number of phenols is 1. The van der Waals surface area contributed by atoms with Crippen molar-refractivity contribution in [2.75, 3.05) is 19.1 Å². The molecule has 0 saturated carbocycles. The van der Waals surface area contributed by atoms with Crippen LogP contribution in [0.2, 0.25) is 10.0 Å². The van der Waals surface area contributed by atoms with E-state index in [9.17, 15) is 28.0 Å². The maximum Gasteiger partial charge on any atom is 0.321 e. The number of phenolic OH excluding ortho intramolecular Hbond substituents is 1. The second-order valence-electron chi connectivity index (χ2n) is 8.91. The van der Waals surface area contributed by atoms with E-state index in [1.807, 2.05) is 0 Å². The summed E-state index contributed by atoms with van der Waals surface area (Å²) in [6, 6.07) is 10.2. The number of sulfone groups is 1. The number of aryl methyl sites for hydroxylation is 1. The molecule has 3 rings (SSSR count). The average Bonchev–Trinajstić information content (AvgIpc) is 2.81. The first-order chi connectivity index (χ1) is 17.3. The molecule has 0 saturated heterocycles. The number of pyridine rings is 1. The van der Waals surface area contributed by atoms with Crippen molar-refractivity contribution in [2.24, 2.45) is 0 Å². The minimum atomic E-state index is -3.48. The fourth-order valence-electron chi connectivity index (χ4n) is 3.71. The molecule has 0 amide bonds. The average molecular weight is 585 g/mol. The van der Waals surface area contributed by atoms with E-state index < -0.39 is 29.0 Å². The first-order valence-electron chi connectivity index (χ1n) is 11.2. The summed E-state index contributed by atoms with van der Waals surface area (Å²) < 4.78 is 36.7. The van der Waals surface area contributed by atoms with E-state index in [0.717, 1.165) is 11.8 Å². The van der Waals surface area contributed by atoms with Gasteiger partial charge in [0.25, 0.3) is 0 Å². The van der Waals surface area contributed by atoms with Crippen molar-refractivity contribution in [2.45, 2.75) is 30.3 Å². The van der Waals surface area contributed by atoms with Crippen molar-refractivity contribution in [3.05, 3.63) is 81.6 Å². The standard InChI is InChI=1S/C25H27Cl2N2O6PS/c1-36(33,19-5-3-4-18(30)12-19)7-6-16-9-22(26)21(23(27)10-16)15-29-24(25(31)32)11-17-8-20(14-28-13-17)37(2,34)35/h3-5,8-10,12-14,24,29-30H,6-7,11,15H2,1-2H3,(H,31,32)/t24-,36?/m0/s1. The Morgan fingerprint density at radius 3 is 2.38 bits per heavy atom. The van der Waals surface area contributed by atoms with Gasteiger partial charge in [0.15, 0.2) is 9.84 Å². The van der Waals surface area contributed by atoms with Crippen molar-refractivity contribution in [3.8, 4) is 5.75 Å². The van der Waals surface area contributed by atoms with Crippen LogP contribution in [0.25, 0.3) is 0 Å². The number of carbonyl (C=O) groups is 1. The third-order valence-electron chi connectivity index (χ3n) is 5.87. The molecule has 0 aliphatic heterocycles. The number of nitrogens with one attached hydrogen (secondary N) is 1. The molecule has 3 aromatic rings. The molecule has 0 bridgehead atoms. The molecular formula is C25H27Cl2N2O6PS. The minimum absolute atomic E-state index is 0.000158. The van der Waals surface area contributed by atoms with E-state index in [0.29, 0.717) is 39.1 Å². The van der Waals surface area contributed by atoms with Gasteiger partial charge in [-0.15, -0.1) is 0 Å². The topological polar surface area (TPSA) is 134 Å². The van der Waals surface area contributed by atoms with Crippen LogP contribution < -0.4 is 10.6 Å². The fourth-order valence-corrected chi connectivity index (χ4v) is 6.75. The number of aliphatic carboxylic acids is 1. The molecule has 0 radical (unpaired) electrons. The summed E-state index contributed by atoms with van der Waals surface area (Å²) in [5.41, 5.74) is 1.74. The zero-order chi connectivity index (χ0) is 27.4. The lowest BCUT2D eigenvalue weighted by molar-refractivity contribution is -0.139. The van der Waals surface area contributed by atoms with Crippen molar-refractivity contribution in [1.82, 2.24) is 10.3 Å². The molecule has 0 fully saturated rings. The molecule has 1 heterocycles. The van der Waals surface area contributed by atoms with Crippen LogP contribution in [0.3, 0.4) is 0 Å². The van der Waals surface area contributed by atoms with Crippen molar-refractivity contribution < 1.29 is 28.0 Å². The Labute approximate surface area is 226 Å². The Balaban J connectivity index is 1.69. The van der Waals surface area contributed by atoms with Gasteiger partial charge in [-0.25, -0.2) is 8.42 Å². The molecule has 0 spiro atoms. The maximum absolute atomic E-state index is 13.2. The molecule has 2 aromatic carbocycles. The number of nitrogens with zero attached hydrogens (tertiary/aromatic N) is 1. The third-order valence-corrected chi connectivity index (χ3v) is 10.1. The molecule has 37 heavy (non-hydrogen) atoms. The van der Waals surface area contributed by atoms with Gasteiger partial charge in [0.1, 0.15) is 18.9 Å². The molecule has 1 unspecified atom stereocenters. The molecule has 198 valence electrons. The Morgan fingerprint density at radius 2 is 1.78 bits per heavy atom. The Morgan fingerprint density at radius 1 is 1.11 bits per heavy atom. The fraction of sp³-hybridized carbons (Fsp3) is 0.280. The van der Waals surface area contributed by atoms with E-state index in [-0.39, 0.29) is 23.6 Å². The van der Waals surface area contributed by atoms with Crippen LogP contribution >= 0.6 is 30.3 Å². The number of hydrogen-bond acceptors (Lipinski definition) is 7. The summed E-state index contributed by atoms with van der Waals surface area (Å²) in [6.45, 7) is 1.72. The highest BCUT2D eigenvalue weighted by atomic mass is 35.5. The summed E-state index contributed by atoms with van der Waals surface area (Å²) >= 11 is 12.9. The monoisotopic (exact) mass is 584 g/mol. The van der Waals surface area contributed by atoms with Gasteiger partial charge in [-0.1, -0.05) is 35.3 Å². The largest absolute Gasteiger partial charge is 0.508 e. The lowest BCUT2D eigenvalue weighted by Crippen LogP contribution is -2.38. The smallest absolute Gasteiger partial charge is 0.321 e. The van der Waals surface area contributed by atoms with E-state index in [1.54, 1.807) is 30.9 Å². The van der Waals surface area contributed by atoms with E-state index in [4.69, 9.17) is 23.2 Å². The first kappa shape index (κ1) is 29.1. The number of benzene rings is 2. The highest BCUT2D eigenvalue weighted by Crippen LogP contribution is 2.41. The van der Waals surface area contributed by atoms with Crippen LogP contribution in [0.4, 0.5) is 0 Å². The van der Waals surface area contributed by atoms with Gasteiger partial charge in [0.05, 0.1) is 4.90 Å². The van der Waals surface area contributed by atoms with E-state index >= 15 is 0 Å². The number of carboxylic acids is 1. The van der Waals surface area contributed by atoms with Crippen LogP contribution in [-0.4, -0.2) is 54.7 Å². The Kier molecular flexibility index (Phi) is 9.42. The highest BCUT2D eigenvalue weighted by molar-refractivity contribution is 7.90. The van der Waals surface area contributed by atoms with Crippen LogP contribution in [0.1, 0.15) is 16.7 Å². The zero-order valence-electron chi connectivity index (χ0n) is 20.2. The number of aromatic nitrogens is 1. The number of halogens is 2. The molecule has 3 N–H and O–H groups in total. The third kappa shape index (κ3) is 8.03. The van der Waals surface area contributed by atoms with Gasteiger partial charge in [0, 0.05) is 58.7 Å². The first-order valence-corrected chi connectivity index (χ1v) is 16.2. The predicted molar refractivity (Wildman–Crippen MR) is 146 cm³/mol. The quantitative estimate of drug-likeness (QED) is 0.286. The number of rotatable bonds is 11. The highest BCUT2D eigenvalue weighted by Gasteiger charge is 2.22. The Hall–Kier alpha value is -2.42. The lowest BCUT2D eigenvalue weighted by Gasteiger charge is -2.17. The number of carboxylic acid groups (broad SMARTS) is 1. The zero-order valence-corrected chi connectivity index (χ0v) is 23.4. The maximum atomic E-state index is 13.2. The number of aromatic hydroxyl groups is 1. The molecule has 0 aliphatic rings. The summed E-state index contributed by atoms with van der Waals surface area (Å²) in [7, 11) is -6.21. The van der Waals surface area contributed by atoms with Crippen LogP contribution in [0, 0.1) is 0 Å². The Bertz CT molecular complexity index is 1440. The molecule has 2 atom stereocenters. The number of hydrogen-bond donors (Lipinski definition) is 3. The SMILES string of the molecule is CP(=O)(CCc1cc(Cl)c(CN[C@@H](Cc2cncc(S(C)(=O)=O)c2)C(=O)O)c(Cl)c1)c1cccc(O)c1. The van der Waals surface area contributed by atoms with Gasteiger partial charge in [-0.3, -0.25) is 15.1 Å². The summed E-state index contributed by atoms with van der Waals surface area (Å²) in [6.07, 6.45) is 4.48.